The first kappa shape index (κ1) is 22.3. The van der Waals surface area contributed by atoms with Gasteiger partial charge in [-0.2, -0.15) is 5.10 Å². The Kier molecular flexibility index (Phi) is 5.52. The molecule has 33 heavy (non-hydrogen) atoms. The average Bonchev–Trinajstić information content (AvgIpc) is 3.32. The maximum absolute atomic E-state index is 13.5. The number of hydrogen-bond donors (Lipinski definition) is 0. The first-order chi connectivity index (χ1) is 15.6. The lowest BCUT2D eigenvalue weighted by Gasteiger charge is -2.35. The van der Waals surface area contributed by atoms with Crippen molar-refractivity contribution in [2.75, 3.05) is 14.1 Å². The van der Waals surface area contributed by atoms with Crippen LogP contribution in [-0.4, -0.2) is 56.1 Å². The van der Waals surface area contributed by atoms with Crippen LogP contribution < -0.4 is 4.73 Å². The molecule has 0 saturated carbocycles. The smallest absolute Gasteiger partial charge is 0.332 e. The minimum absolute atomic E-state index is 0.254. The number of urea groups is 1. The first-order valence-electron chi connectivity index (χ1n) is 10.5. The lowest BCUT2D eigenvalue weighted by Crippen LogP contribution is -2.59. The van der Waals surface area contributed by atoms with Crippen LogP contribution >= 0.6 is 0 Å². The third-order valence-electron chi connectivity index (χ3n) is 6.36. The summed E-state index contributed by atoms with van der Waals surface area (Å²) in [6.45, 7) is 3.93. The molecule has 0 bridgehead atoms. The van der Waals surface area contributed by atoms with Gasteiger partial charge in [0.15, 0.2) is 0 Å². The van der Waals surface area contributed by atoms with Crippen LogP contribution in [0.4, 0.5) is 4.79 Å². The van der Waals surface area contributed by atoms with Gasteiger partial charge in [0.05, 0.1) is 6.20 Å². The SMILES string of the molecule is Cc1c(C)[n+]([O-])c(C(c2cnn(C)c2)C2C(=O)N(C)C(=O)N(C)C2=O)n1Cc1ccccc1. The van der Waals surface area contributed by atoms with Crippen LogP contribution in [0.2, 0.25) is 0 Å². The zero-order valence-corrected chi connectivity index (χ0v) is 19.2. The summed E-state index contributed by atoms with van der Waals surface area (Å²) >= 11 is 0. The fraction of sp³-hybridized carbons (Fsp3) is 0.348. The lowest BCUT2D eigenvalue weighted by atomic mass is 9.83. The van der Waals surface area contributed by atoms with Crippen molar-refractivity contribution in [3.05, 3.63) is 76.3 Å². The summed E-state index contributed by atoms with van der Waals surface area (Å²) in [7, 11) is 4.40. The van der Waals surface area contributed by atoms with E-state index in [0.29, 0.717) is 17.8 Å². The van der Waals surface area contributed by atoms with Crippen molar-refractivity contribution in [1.82, 2.24) is 24.1 Å². The number of amides is 4. The van der Waals surface area contributed by atoms with E-state index in [2.05, 4.69) is 5.10 Å². The van der Waals surface area contributed by atoms with E-state index in [0.717, 1.165) is 25.8 Å². The standard InChI is InChI=1S/C23H26N6O4/c1-14-15(2)29(33)20(28(14)12-16-9-7-6-8-10-16)18(17-11-24-25(3)13-17)19-21(30)26(4)23(32)27(5)22(19)31/h6-11,13,18-19H,12H2,1-5H3. The molecular weight excluding hydrogens is 424 g/mol. The molecule has 1 unspecified atom stereocenters. The summed E-state index contributed by atoms with van der Waals surface area (Å²) in [4.78, 5) is 40.7. The molecular formula is C23H26N6O4. The molecule has 0 N–H and O–H groups in total. The van der Waals surface area contributed by atoms with Gasteiger partial charge in [0.1, 0.15) is 29.8 Å². The molecule has 2 aromatic heterocycles. The summed E-state index contributed by atoms with van der Waals surface area (Å²) in [6, 6.07) is 8.93. The maximum Gasteiger partial charge on any atom is 0.332 e. The fourth-order valence-corrected chi connectivity index (χ4v) is 4.37. The molecule has 1 aliphatic heterocycles. The molecule has 1 aliphatic rings. The molecule has 3 heterocycles. The Morgan fingerprint density at radius 1 is 1.03 bits per heavy atom. The Labute approximate surface area is 191 Å². The van der Waals surface area contributed by atoms with Crippen molar-refractivity contribution in [2.45, 2.75) is 26.3 Å². The number of imidazole rings is 1. The van der Waals surface area contributed by atoms with E-state index >= 15 is 0 Å². The summed E-state index contributed by atoms with van der Waals surface area (Å²) in [5.41, 5.74) is 2.71. The van der Waals surface area contributed by atoms with Crippen molar-refractivity contribution < 1.29 is 19.1 Å². The van der Waals surface area contributed by atoms with Crippen LogP contribution in [0.5, 0.6) is 0 Å². The number of carbonyl (C=O) groups excluding carboxylic acids is 3. The Morgan fingerprint density at radius 3 is 2.18 bits per heavy atom. The van der Waals surface area contributed by atoms with Gasteiger partial charge in [0, 0.05) is 46.8 Å². The van der Waals surface area contributed by atoms with Gasteiger partial charge in [0.2, 0.25) is 11.8 Å². The van der Waals surface area contributed by atoms with E-state index in [-0.39, 0.29) is 5.82 Å². The molecule has 1 aromatic carbocycles. The summed E-state index contributed by atoms with van der Waals surface area (Å²) in [6.07, 6.45) is 3.23. The number of benzene rings is 1. The Balaban J connectivity index is 1.95. The number of barbiturate groups is 1. The monoisotopic (exact) mass is 450 g/mol. The third-order valence-corrected chi connectivity index (χ3v) is 6.36. The van der Waals surface area contributed by atoms with E-state index in [1.54, 1.807) is 31.0 Å². The minimum atomic E-state index is -1.29. The second kappa shape index (κ2) is 8.19. The highest BCUT2D eigenvalue weighted by molar-refractivity contribution is 6.16. The van der Waals surface area contributed by atoms with E-state index in [4.69, 9.17) is 0 Å². The Bertz CT molecular complexity index is 1220. The van der Waals surface area contributed by atoms with Gasteiger partial charge in [-0.05, 0) is 5.56 Å². The number of hydrogen-bond acceptors (Lipinski definition) is 5. The number of aryl methyl sites for hydroxylation is 1. The summed E-state index contributed by atoms with van der Waals surface area (Å²) in [5.74, 6) is -3.28. The maximum atomic E-state index is 13.5. The zero-order chi connectivity index (χ0) is 24.0. The van der Waals surface area contributed by atoms with E-state index in [9.17, 15) is 19.6 Å². The van der Waals surface area contributed by atoms with Crippen LogP contribution in [0.1, 0.15) is 34.3 Å². The Hall–Kier alpha value is -3.95. The molecule has 4 rings (SSSR count). The molecule has 4 amide bonds. The molecule has 1 fully saturated rings. The van der Waals surface area contributed by atoms with Gasteiger partial charge in [-0.1, -0.05) is 30.3 Å². The quantitative estimate of drug-likeness (QED) is 0.331. The normalized spacial score (nSPS) is 16.1. The average molecular weight is 450 g/mol. The molecule has 10 heteroatoms. The fourth-order valence-electron chi connectivity index (χ4n) is 4.37. The molecule has 1 atom stereocenters. The largest absolute Gasteiger partial charge is 0.711 e. The van der Waals surface area contributed by atoms with E-state index < -0.39 is 29.7 Å². The molecule has 1 saturated heterocycles. The van der Waals surface area contributed by atoms with Crippen molar-refractivity contribution >= 4 is 17.8 Å². The van der Waals surface area contributed by atoms with Gasteiger partial charge in [-0.15, -0.1) is 0 Å². The van der Waals surface area contributed by atoms with E-state index in [1.807, 2.05) is 41.8 Å². The molecule has 10 nitrogen and oxygen atoms in total. The van der Waals surface area contributed by atoms with Crippen molar-refractivity contribution in [2.24, 2.45) is 13.0 Å². The molecule has 3 aromatic rings. The first-order valence-corrected chi connectivity index (χ1v) is 10.5. The Morgan fingerprint density at radius 2 is 1.64 bits per heavy atom. The highest BCUT2D eigenvalue weighted by Crippen LogP contribution is 2.36. The van der Waals surface area contributed by atoms with Crippen molar-refractivity contribution in [1.29, 1.82) is 0 Å². The van der Waals surface area contributed by atoms with Gasteiger partial charge in [0.25, 0.3) is 5.82 Å². The summed E-state index contributed by atoms with van der Waals surface area (Å²) < 4.78 is 4.18. The van der Waals surface area contributed by atoms with Crippen LogP contribution in [-0.2, 0) is 23.2 Å². The number of imide groups is 2. The van der Waals surface area contributed by atoms with Crippen molar-refractivity contribution in [3.63, 3.8) is 0 Å². The van der Waals surface area contributed by atoms with Crippen molar-refractivity contribution in [3.8, 4) is 0 Å². The van der Waals surface area contributed by atoms with Crippen LogP contribution in [0.15, 0.2) is 42.7 Å². The molecule has 0 spiro atoms. The topological polar surface area (TPSA) is 107 Å². The zero-order valence-electron chi connectivity index (χ0n) is 19.2. The summed E-state index contributed by atoms with van der Waals surface area (Å²) in [5, 5.41) is 17.7. The van der Waals surface area contributed by atoms with Crippen LogP contribution in [0, 0.1) is 25.0 Å². The number of rotatable bonds is 5. The van der Waals surface area contributed by atoms with E-state index in [1.165, 1.54) is 14.1 Å². The molecule has 0 aliphatic carbocycles. The third kappa shape index (κ3) is 3.57. The van der Waals surface area contributed by atoms with Gasteiger partial charge in [-0.3, -0.25) is 24.1 Å². The van der Waals surface area contributed by atoms with Gasteiger partial charge < -0.3 is 5.21 Å². The second-order valence-corrected chi connectivity index (χ2v) is 8.37. The van der Waals surface area contributed by atoms with Gasteiger partial charge >= 0.3 is 6.03 Å². The predicted octanol–water partition coefficient (Wildman–Crippen LogP) is 1.32. The lowest BCUT2D eigenvalue weighted by molar-refractivity contribution is -0.621. The highest BCUT2D eigenvalue weighted by atomic mass is 16.5. The van der Waals surface area contributed by atoms with Gasteiger partial charge in [-0.25, -0.2) is 14.1 Å². The molecule has 0 radical (unpaired) electrons. The molecule has 172 valence electrons. The number of carbonyl (C=O) groups is 3. The van der Waals surface area contributed by atoms with Crippen LogP contribution in [0.3, 0.4) is 0 Å². The highest BCUT2D eigenvalue weighted by Gasteiger charge is 2.51. The number of nitrogens with zero attached hydrogens (tertiary/aromatic N) is 6. The number of aromatic nitrogens is 4. The minimum Gasteiger partial charge on any atom is -0.711 e. The van der Waals surface area contributed by atoms with Crippen LogP contribution in [0.25, 0.3) is 0 Å². The predicted molar refractivity (Wildman–Crippen MR) is 118 cm³/mol. The second-order valence-electron chi connectivity index (χ2n) is 8.37.